The maximum Gasteiger partial charge on any atom is 0.224 e. The van der Waals surface area contributed by atoms with Crippen molar-refractivity contribution in [1.82, 2.24) is 29.7 Å². The minimum Gasteiger partial charge on any atom is -0.383 e. The third-order valence-corrected chi connectivity index (χ3v) is 3.24. The summed E-state index contributed by atoms with van der Waals surface area (Å²) in [4.78, 5) is 15.6. The summed E-state index contributed by atoms with van der Waals surface area (Å²) in [5.41, 5.74) is 23.0. The molecule has 0 aliphatic carbocycles. The van der Waals surface area contributed by atoms with Gasteiger partial charge in [0.15, 0.2) is 29.0 Å². The highest BCUT2D eigenvalue weighted by atomic mass is 15.4. The number of nitrogens with one attached hydrogen (secondary N) is 1. The van der Waals surface area contributed by atoms with E-state index in [1.807, 2.05) is 6.07 Å². The number of azo groups is 1. The van der Waals surface area contributed by atoms with Gasteiger partial charge in [-0.3, -0.25) is 0 Å². The van der Waals surface area contributed by atoms with Gasteiger partial charge in [0.05, 0.1) is 6.20 Å². The van der Waals surface area contributed by atoms with E-state index in [1.165, 1.54) is 16.9 Å². The van der Waals surface area contributed by atoms with E-state index in [0.717, 1.165) is 0 Å². The molecule has 0 radical (unpaired) electrons. The fourth-order valence-electron chi connectivity index (χ4n) is 2.13. The number of hydrogen-bond donors (Lipinski definition) is 5. The summed E-state index contributed by atoms with van der Waals surface area (Å²) in [7, 11) is 1.61. The van der Waals surface area contributed by atoms with Crippen molar-refractivity contribution in [3.8, 4) is 11.9 Å². The van der Waals surface area contributed by atoms with Crippen LogP contribution in [-0.4, -0.2) is 36.8 Å². The average Bonchev–Trinajstić information content (AvgIpc) is 3.02. The summed E-state index contributed by atoms with van der Waals surface area (Å²) < 4.78 is 1.24. The summed E-state index contributed by atoms with van der Waals surface area (Å²) in [6, 6.07) is 3.38. The van der Waals surface area contributed by atoms with E-state index in [9.17, 15) is 5.26 Å². The maximum absolute atomic E-state index is 9.31. The maximum atomic E-state index is 9.31. The summed E-state index contributed by atoms with van der Waals surface area (Å²) in [5.74, 6) is 0.614. The highest BCUT2D eigenvalue weighted by Crippen LogP contribution is 2.32. The van der Waals surface area contributed by atoms with Crippen molar-refractivity contribution >= 4 is 40.9 Å². The number of hydrogen-bond acceptors (Lipinski definition) is 13. The number of rotatable bonds is 4. The minimum absolute atomic E-state index is 0.00991. The van der Waals surface area contributed by atoms with E-state index < -0.39 is 0 Å². The second-order valence-corrected chi connectivity index (χ2v) is 5.03. The molecule has 0 saturated carbocycles. The Balaban J connectivity index is 2.12. The van der Waals surface area contributed by atoms with E-state index >= 15 is 0 Å². The predicted molar refractivity (Wildman–Crippen MR) is 97.3 cm³/mol. The molecule has 3 rings (SSSR count). The zero-order valence-electron chi connectivity index (χ0n) is 14.0. The van der Waals surface area contributed by atoms with E-state index in [4.69, 9.17) is 22.9 Å². The van der Waals surface area contributed by atoms with Gasteiger partial charge in [0.1, 0.15) is 17.5 Å². The molecule has 3 aromatic rings. The second-order valence-electron chi connectivity index (χ2n) is 5.03. The van der Waals surface area contributed by atoms with Crippen LogP contribution in [0.4, 0.5) is 40.9 Å². The number of aromatic nitrogens is 6. The van der Waals surface area contributed by atoms with Gasteiger partial charge >= 0.3 is 0 Å². The summed E-state index contributed by atoms with van der Waals surface area (Å²) >= 11 is 0. The molecule has 0 unspecified atom stereocenters. The fraction of sp³-hybridized carbons (Fsp3) is 0.0769. The first-order chi connectivity index (χ1) is 12.9. The lowest BCUT2D eigenvalue weighted by molar-refractivity contribution is 0.836. The van der Waals surface area contributed by atoms with Crippen LogP contribution in [0.25, 0.3) is 5.82 Å². The van der Waals surface area contributed by atoms with Gasteiger partial charge in [-0.05, 0) is 0 Å². The Morgan fingerprint density at radius 1 is 1.07 bits per heavy atom. The molecule has 14 heteroatoms. The molecule has 0 atom stereocenters. The normalized spacial score (nSPS) is 10.8. The molecule has 0 aliphatic heterocycles. The van der Waals surface area contributed by atoms with Crippen molar-refractivity contribution in [3.63, 3.8) is 0 Å². The summed E-state index contributed by atoms with van der Waals surface area (Å²) in [6.45, 7) is 0. The lowest BCUT2D eigenvalue weighted by atomic mass is 10.3. The largest absolute Gasteiger partial charge is 0.383 e. The Hall–Kier alpha value is -4.54. The first-order valence-corrected chi connectivity index (χ1v) is 7.34. The number of nitrogen functional groups attached to an aromatic ring is 4. The Kier molecular flexibility index (Phi) is 4.33. The lowest BCUT2D eigenvalue weighted by Crippen LogP contribution is -2.06. The Bertz CT molecular complexity index is 1060. The highest BCUT2D eigenvalue weighted by molar-refractivity contribution is 5.73. The predicted octanol–water partition coefficient (Wildman–Crippen LogP) is 0.110. The zero-order chi connectivity index (χ0) is 19.6. The van der Waals surface area contributed by atoms with Crippen molar-refractivity contribution in [1.29, 1.82) is 5.26 Å². The second kappa shape index (κ2) is 6.76. The number of nitrogens with two attached hydrogens (primary N) is 4. The third-order valence-electron chi connectivity index (χ3n) is 3.24. The molecule has 14 nitrogen and oxygen atoms in total. The smallest absolute Gasteiger partial charge is 0.224 e. The topological polar surface area (TPSA) is 234 Å². The van der Waals surface area contributed by atoms with Crippen LogP contribution < -0.4 is 28.3 Å². The SMILES string of the molecule is CNc1nc(N)nc(N)c1N=Nc1c(C#N)cnn1-c1cc(N)nc(N)n1. The lowest BCUT2D eigenvalue weighted by Gasteiger charge is -2.07. The number of nitrogens with zero attached hydrogens (tertiary/aromatic N) is 9. The van der Waals surface area contributed by atoms with Crippen LogP contribution in [0.2, 0.25) is 0 Å². The molecule has 3 aromatic heterocycles. The number of anilines is 5. The van der Waals surface area contributed by atoms with Gasteiger partial charge in [0.25, 0.3) is 0 Å². The van der Waals surface area contributed by atoms with Crippen molar-refractivity contribution in [2.24, 2.45) is 10.2 Å². The standard InChI is InChI=1S/C13H14N14/c1-19-10-8(9(16)23-13(18)24-10)25-26-11-5(3-14)4-20-27(11)7-2-6(15)21-12(17)22-7/h2,4H,1H3,(H4,15,17,21,22)(H5,16,18,19,23,24). The van der Waals surface area contributed by atoms with Gasteiger partial charge in [-0.1, -0.05) is 0 Å². The molecule has 3 heterocycles. The van der Waals surface area contributed by atoms with Gasteiger partial charge < -0.3 is 28.3 Å². The monoisotopic (exact) mass is 366 g/mol. The van der Waals surface area contributed by atoms with Crippen LogP contribution in [0, 0.1) is 11.3 Å². The molecule has 9 N–H and O–H groups in total. The third kappa shape index (κ3) is 3.32. The van der Waals surface area contributed by atoms with Gasteiger partial charge in [-0.2, -0.15) is 35.0 Å². The van der Waals surface area contributed by atoms with Crippen LogP contribution in [-0.2, 0) is 0 Å². The van der Waals surface area contributed by atoms with Crippen molar-refractivity contribution in [2.45, 2.75) is 0 Å². The first-order valence-electron chi connectivity index (χ1n) is 7.34. The minimum atomic E-state index is -0.0597. The Morgan fingerprint density at radius 3 is 2.48 bits per heavy atom. The van der Waals surface area contributed by atoms with E-state index in [1.54, 1.807) is 7.05 Å². The fourth-order valence-corrected chi connectivity index (χ4v) is 2.13. The quantitative estimate of drug-likeness (QED) is 0.388. The van der Waals surface area contributed by atoms with Crippen LogP contribution in [0.1, 0.15) is 5.56 Å². The van der Waals surface area contributed by atoms with Crippen LogP contribution in [0.15, 0.2) is 22.5 Å². The molecule has 0 amide bonds. The molecule has 0 fully saturated rings. The Morgan fingerprint density at radius 2 is 1.81 bits per heavy atom. The molecule has 0 spiro atoms. The van der Waals surface area contributed by atoms with Crippen molar-refractivity contribution < 1.29 is 0 Å². The van der Waals surface area contributed by atoms with Crippen molar-refractivity contribution in [2.75, 3.05) is 35.3 Å². The van der Waals surface area contributed by atoms with Crippen LogP contribution in [0.5, 0.6) is 0 Å². The van der Waals surface area contributed by atoms with Crippen molar-refractivity contribution in [3.05, 3.63) is 17.8 Å². The van der Waals surface area contributed by atoms with Gasteiger partial charge in [0, 0.05) is 13.1 Å². The average molecular weight is 366 g/mol. The summed E-state index contributed by atoms with van der Waals surface area (Å²) in [6.07, 6.45) is 1.30. The molecule has 27 heavy (non-hydrogen) atoms. The molecular formula is C13H14N14. The van der Waals surface area contributed by atoms with Crippen LogP contribution >= 0.6 is 0 Å². The molecule has 0 aromatic carbocycles. The molecule has 0 saturated heterocycles. The molecular weight excluding hydrogens is 352 g/mol. The highest BCUT2D eigenvalue weighted by Gasteiger charge is 2.16. The molecule has 0 aliphatic rings. The van der Waals surface area contributed by atoms with E-state index in [-0.39, 0.29) is 52.2 Å². The van der Waals surface area contributed by atoms with E-state index in [0.29, 0.717) is 0 Å². The van der Waals surface area contributed by atoms with Gasteiger partial charge in [0.2, 0.25) is 11.9 Å². The summed E-state index contributed by atoms with van der Waals surface area (Å²) in [5, 5.41) is 24.3. The van der Waals surface area contributed by atoms with Crippen LogP contribution in [0.3, 0.4) is 0 Å². The van der Waals surface area contributed by atoms with E-state index in [2.05, 4.69) is 40.6 Å². The van der Waals surface area contributed by atoms with Gasteiger partial charge in [-0.25, -0.2) is 0 Å². The zero-order valence-corrected chi connectivity index (χ0v) is 14.0. The Labute approximate surface area is 152 Å². The molecule has 0 bridgehead atoms. The first kappa shape index (κ1) is 17.3. The van der Waals surface area contributed by atoms with Gasteiger partial charge in [-0.15, -0.1) is 10.2 Å². The number of nitriles is 1. The molecule has 136 valence electrons.